The van der Waals surface area contributed by atoms with Gasteiger partial charge in [-0.05, 0) is 29.8 Å². The van der Waals surface area contributed by atoms with Crippen LogP contribution in [0.25, 0.3) is 0 Å². The van der Waals surface area contributed by atoms with Gasteiger partial charge in [0.05, 0.1) is 18.9 Å². The first-order valence-corrected chi connectivity index (χ1v) is 7.21. The van der Waals surface area contributed by atoms with Crippen LogP contribution >= 0.6 is 11.8 Å². The summed E-state index contributed by atoms with van der Waals surface area (Å²) >= 11 is 1.70. The van der Waals surface area contributed by atoms with Gasteiger partial charge >= 0.3 is 0 Å². The zero-order chi connectivity index (χ0) is 13.1. The normalized spacial score (nSPS) is 19.9. The predicted molar refractivity (Wildman–Crippen MR) is 76.9 cm³/mol. The van der Waals surface area contributed by atoms with Crippen molar-refractivity contribution >= 4 is 22.6 Å². The van der Waals surface area contributed by atoms with E-state index >= 15 is 0 Å². The van der Waals surface area contributed by atoms with Crippen molar-refractivity contribution in [3.63, 3.8) is 0 Å². The largest absolute Gasteiger partial charge is 0.508 e. The maximum atomic E-state index is 9.28. The van der Waals surface area contributed by atoms with Crippen molar-refractivity contribution in [3.05, 3.63) is 29.8 Å². The van der Waals surface area contributed by atoms with Crippen LogP contribution < -0.4 is 0 Å². The third-order valence-electron chi connectivity index (χ3n) is 3.08. The molecule has 5 nitrogen and oxygen atoms in total. The topological polar surface area (TPSA) is 57.4 Å². The molecule has 0 spiro atoms. The van der Waals surface area contributed by atoms with E-state index in [1.54, 1.807) is 23.9 Å². The van der Waals surface area contributed by atoms with Crippen molar-refractivity contribution in [1.82, 2.24) is 4.90 Å². The van der Waals surface area contributed by atoms with Crippen LogP contribution in [-0.2, 0) is 4.74 Å². The van der Waals surface area contributed by atoms with Gasteiger partial charge in [0, 0.05) is 18.8 Å². The van der Waals surface area contributed by atoms with Crippen LogP contribution in [0.1, 0.15) is 5.56 Å². The van der Waals surface area contributed by atoms with Crippen LogP contribution in [-0.4, -0.2) is 52.9 Å². The highest BCUT2D eigenvalue weighted by Gasteiger charge is 2.19. The molecule has 19 heavy (non-hydrogen) atoms. The van der Waals surface area contributed by atoms with Gasteiger partial charge in [0.2, 0.25) is 0 Å². The van der Waals surface area contributed by atoms with E-state index in [1.807, 2.05) is 12.1 Å². The van der Waals surface area contributed by atoms with Crippen molar-refractivity contribution in [1.29, 1.82) is 0 Å². The number of hydrogen-bond donors (Lipinski definition) is 1. The van der Waals surface area contributed by atoms with Gasteiger partial charge in [-0.15, -0.1) is 5.10 Å². The number of aromatic hydroxyl groups is 1. The number of morpholine rings is 1. The van der Waals surface area contributed by atoms with Gasteiger partial charge < -0.3 is 14.7 Å². The lowest BCUT2D eigenvalue weighted by Gasteiger charge is -2.29. The van der Waals surface area contributed by atoms with Crippen molar-refractivity contribution in [3.8, 4) is 5.75 Å². The Morgan fingerprint density at radius 1 is 1.11 bits per heavy atom. The fraction of sp³-hybridized carbons (Fsp3) is 0.385. The monoisotopic (exact) mass is 277 g/mol. The fourth-order valence-corrected chi connectivity index (χ4v) is 2.95. The molecule has 1 saturated heterocycles. The van der Waals surface area contributed by atoms with Gasteiger partial charge in [-0.2, -0.15) is 5.10 Å². The number of benzene rings is 1. The summed E-state index contributed by atoms with van der Waals surface area (Å²) in [5, 5.41) is 18.9. The molecule has 0 aromatic heterocycles. The molecule has 2 heterocycles. The Kier molecular flexibility index (Phi) is 3.70. The zero-order valence-electron chi connectivity index (χ0n) is 10.5. The first-order chi connectivity index (χ1) is 9.33. The first-order valence-electron chi connectivity index (χ1n) is 6.22. The van der Waals surface area contributed by atoms with E-state index in [1.165, 1.54) is 0 Å². The minimum absolute atomic E-state index is 0.269. The van der Waals surface area contributed by atoms with Crippen LogP contribution in [0.3, 0.4) is 0 Å². The van der Waals surface area contributed by atoms with Crippen LogP contribution in [0, 0.1) is 0 Å². The van der Waals surface area contributed by atoms with E-state index < -0.39 is 0 Å². The van der Waals surface area contributed by atoms with E-state index in [-0.39, 0.29) is 5.75 Å². The average molecular weight is 277 g/mol. The van der Waals surface area contributed by atoms with E-state index in [4.69, 9.17) is 4.74 Å². The van der Waals surface area contributed by atoms with Gasteiger partial charge in [-0.3, -0.25) is 0 Å². The number of thioether (sulfide) groups is 1. The number of hydrogen-bond acceptors (Lipinski definition) is 6. The Labute approximate surface area is 116 Å². The summed E-state index contributed by atoms with van der Waals surface area (Å²) in [5.41, 5.74) is 1.96. The minimum atomic E-state index is 0.269. The van der Waals surface area contributed by atoms with Crippen molar-refractivity contribution in [2.75, 3.05) is 32.1 Å². The SMILES string of the molecule is Oc1ccc(C2=NN=C(N3CCOCC3)SC2)cc1. The molecule has 0 unspecified atom stereocenters. The quantitative estimate of drug-likeness (QED) is 0.846. The molecule has 0 aliphatic carbocycles. The molecular weight excluding hydrogens is 262 g/mol. The van der Waals surface area contributed by atoms with E-state index in [9.17, 15) is 5.11 Å². The highest BCUT2D eigenvalue weighted by molar-refractivity contribution is 8.14. The summed E-state index contributed by atoms with van der Waals surface area (Å²) in [6.07, 6.45) is 0. The third-order valence-corrected chi connectivity index (χ3v) is 4.09. The molecule has 100 valence electrons. The van der Waals surface area contributed by atoms with Crippen LogP contribution in [0.4, 0.5) is 0 Å². The van der Waals surface area contributed by atoms with E-state index in [0.29, 0.717) is 0 Å². The molecular formula is C13H15N3O2S. The Bertz CT molecular complexity index is 507. The Morgan fingerprint density at radius 2 is 1.84 bits per heavy atom. The Morgan fingerprint density at radius 3 is 2.47 bits per heavy atom. The standard InChI is InChI=1S/C13H15N3O2S/c17-11-3-1-10(2-4-11)12-9-19-13(15-14-12)16-5-7-18-8-6-16/h1-4,17H,5-9H2. The van der Waals surface area contributed by atoms with E-state index in [0.717, 1.165) is 48.5 Å². The molecule has 3 rings (SSSR count). The first kappa shape index (κ1) is 12.5. The lowest BCUT2D eigenvalue weighted by Crippen LogP contribution is -2.40. The molecule has 1 fully saturated rings. The summed E-state index contributed by atoms with van der Waals surface area (Å²) in [6, 6.07) is 7.07. The second-order valence-electron chi connectivity index (χ2n) is 4.36. The molecule has 0 amide bonds. The molecule has 2 aliphatic heterocycles. The number of phenols is 1. The highest BCUT2D eigenvalue weighted by atomic mass is 32.2. The lowest BCUT2D eigenvalue weighted by atomic mass is 10.1. The number of rotatable bonds is 1. The smallest absolute Gasteiger partial charge is 0.186 e. The second-order valence-corrected chi connectivity index (χ2v) is 5.31. The van der Waals surface area contributed by atoms with Crippen LogP contribution in [0.2, 0.25) is 0 Å². The molecule has 0 atom stereocenters. The zero-order valence-corrected chi connectivity index (χ0v) is 11.3. The summed E-state index contributed by atoms with van der Waals surface area (Å²) in [4.78, 5) is 2.21. The summed E-state index contributed by atoms with van der Waals surface area (Å²) in [7, 11) is 0. The van der Waals surface area contributed by atoms with Gasteiger partial charge in [0.1, 0.15) is 5.75 Å². The molecule has 1 aromatic rings. The van der Waals surface area contributed by atoms with Gasteiger partial charge in [0.25, 0.3) is 0 Å². The third kappa shape index (κ3) is 2.90. The van der Waals surface area contributed by atoms with Crippen molar-refractivity contribution < 1.29 is 9.84 Å². The molecule has 0 saturated carbocycles. The van der Waals surface area contributed by atoms with Crippen molar-refractivity contribution in [2.24, 2.45) is 10.2 Å². The molecule has 1 N–H and O–H groups in total. The van der Waals surface area contributed by atoms with Gasteiger partial charge in [-0.1, -0.05) is 11.8 Å². The van der Waals surface area contributed by atoms with Gasteiger partial charge in [0.15, 0.2) is 5.17 Å². The maximum Gasteiger partial charge on any atom is 0.186 e. The Balaban J connectivity index is 1.74. The number of amidine groups is 1. The molecule has 0 bridgehead atoms. The maximum absolute atomic E-state index is 9.28. The molecule has 0 radical (unpaired) electrons. The minimum Gasteiger partial charge on any atom is -0.508 e. The Hall–Kier alpha value is -1.53. The summed E-state index contributed by atoms with van der Waals surface area (Å²) < 4.78 is 5.33. The average Bonchev–Trinajstić information content (AvgIpc) is 2.49. The second kappa shape index (κ2) is 5.63. The molecule has 1 aromatic carbocycles. The highest BCUT2D eigenvalue weighted by Crippen LogP contribution is 2.20. The molecule has 2 aliphatic rings. The van der Waals surface area contributed by atoms with E-state index in [2.05, 4.69) is 15.1 Å². The summed E-state index contributed by atoms with van der Waals surface area (Å²) in [6.45, 7) is 3.29. The number of nitrogens with zero attached hydrogens (tertiary/aromatic N) is 3. The summed E-state index contributed by atoms with van der Waals surface area (Å²) in [5.74, 6) is 1.08. The predicted octanol–water partition coefficient (Wildman–Crippen LogP) is 1.53. The van der Waals surface area contributed by atoms with Crippen LogP contribution in [0.5, 0.6) is 5.75 Å². The van der Waals surface area contributed by atoms with Crippen molar-refractivity contribution in [2.45, 2.75) is 0 Å². The van der Waals surface area contributed by atoms with Crippen LogP contribution in [0.15, 0.2) is 34.5 Å². The fourth-order valence-electron chi connectivity index (χ4n) is 2.00. The number of ether oxygens (including phenoxy) is 1. The number of phenolic OH excluding ortho intramolecular Hbond substituents is 1. The molecule has 6 heteroatoms. The lowest BCUT2D eigenvalue weighted by molar-refractivity contribution is 0.0692. The van der Waals surface area contributed by atoms with Gasteiger partial charge in [-0.25, -0.2) is 0 Å².